The van der Waals surface area contributed by atoms with Crippen molar-refractivity contribution in [1.82, 2.24) is 20.2 Å². The van der Waals surface area contributed by atoms with Crippen molar-refractivity contribution >= 4 is 29.0 Å². The van der Waals surface area contributed by atoms with Gasteiger partial charge >= 0.3 is 12.1 Å². The summed E-state index contributed by atoms with van der Waals surface area (Å²) < 4.78 is 33.6. The van der Waals surface area contributed by atoms with Gasteiger partial charge in [0.1, 0.15) is 17.8 Å². The first-order valence-corrected chi connectivity index (χ1v) is 14.7. The van der Waals surface area contributed by atoms with Crippen molar-refractivity contribution in [2.24, 2.45) is 17.3 Å². The number of nitrogens with one attached hydrogen (secondary N) is 2. The topological polar surface area (TPSA) is 162 Å². The van der Waals surface area contributed by atoms with Crippen LogP contribution in [0, 0.1) is 17.3 Å². The second-order valence-electron chi connectivity index (χ2n) is 12.4. The van der Waals surface area contributed by atoms with Crippen LogP contribution in [0.3, 0.4) is 0 Å². The minimum absolute atomic E-state index is 0.0862. The highest BCUT2D eigenvalue weighted by Crippen LogP contribution is 2.34. The maximum absolute atomic E-state index is 14.3. The van der Waals surface area contributed by atoms with E-state index < -0.39 is 59.1 Å². The third kappa shape index (κ3) is 8.76. The fourth-order valence-corrected chi connectivity index (χ4v) is 5.21. The number of benzene rings is 1. The highest BCUT2D eigenvalue weighted by Gasteiger charge is 2.45. The van der Waals surface area contributed by atoms with Gasteiger partial charge in [0, 0.05) is 19.0 Å². The van der Waals surface area contributed by atoms with Gasteiger partial charge in [0.05, 0.1) is 18.1 Å². The van der Waals surface area contributed by atoms with Crippen LogP contribution in [0.15, 0.2) is 35.1 Å². The Hall–Kier alpha value is -4.03. The molecule has 13 heteroatoms. The van der Waals surface area contributed by atoms with E-state index in [1.54, 1.807) is 45.0 Å². The van der Waals surface area contributed by atoms with Gasteiger partial charge in [0.25, 0.3) is 11.5 Å². The van der Waals surface area contributed by atoms with Crippen LogP contribution in [0.4, 0.5) is 13.6 Å². The van der Waals surface area contributed by atoms with Gasteiger partial charge in [-0.05, 0) is 55.1 Å². The minimum Gasteiger partial charge on any atom is -0.497 e. The fraction of sp³-hybridized carbons (Fsp3) is 0.581. The molecule has 242 valence electrons. The minimum atomic E-state index is -3.29. The highest BCUT2D eigenvalue weighted by atomic mass is 19.3. The molecular formula is C31H42F2N4O7. The molecule has 1 aliphatic carbocycles. The lowest BCUT2D eigenvalue weighted by atomic mass is 9.85. The summed E-state index contributed by atoms with van der Waals surface area (Å²) >= 11 is 0. The lowest BCUT2D eigenvalue weighted by Gasteiger charge is -2.34. The highest BCUT2D eigenvalue weighted by molar-refractivity contribution is 5.90. The molecule has 2 heterocycles. The first-order chi connectivity index (χ1) is 20.6. The smallest absolute Gasteiger partial charge is 0.405 e. The molecule has 0 spiro atoms. The van der Waals surface area contributed by atoms with Crippen LogP contribution >= 0.6 is 0 Å². The first-order valence-electron chi connectivity index (χ1n) is 14.7. The number of carboxylic acid groups (broad SMARTS) is 2. The van der Waals surface area contributed by atoms with Gasteiger partial charge in [0.2, 0.25) is 5.91 Å². The molecule has 3 atom stereocenters. The Bertz CT molecular complexity index is 1430. The quantitative estimate of drug-likeness (QED) is 0.265. The third-order valence-electron chi connectivity index (χ3n) is 7.92. The Balaban J connectivity index is 0.000000242. The number of carbonyl (C=O) groups excluding carboxylic acids is 1. The summed E-state index contributed by atoms with van der Waals surface area (Å²) in [5.41, 5.74) is -1.57. The summed E-state index contributed by atoms with van der Waals surface area (Å²) in [5.74, 6) is -3.70. The summed E-state index contributed by atoms with van der Waals surface area (Å²) in [5, 5.41) is 20.5. The van der Waals surface area contributed by atoms with Crippen LogP contribution < -0.4 is 15.6 Å². The number of hydrogen-bond acceptors (Lipinski definition) is 6. The summed E-state index contributed by atoms with van der Waals surface area (Å²) in [4.78, 5) is 54.6. The number of aliphatic carboxylic acids is 1. The molecule has 1 saturated carbocycles. The predicted molar refractivity (Wildman–Crippen MR) is 160 cm³/mol. The zero-order valence-electron chi connectivity index (χ0n) is 25.7. The average Bonchev–Trinajstić information content (AvgIpc) is 3.67. The van der Waals surface area contributed by atoms with E-state index in [0.29, 0.717) is 42.1 Å². The number of aromatic nitrogens is 2. The number of methoxy groups -OCH3 is 1. The van der Waals surface area contributed by atoms with Crippen molar-refractivity contribution in [3.8, 4) is 5.75 Å². The number of ether oxygens (including phenoxy) is 1. The van der Waals surface area contributed by atoms with Crippen molar-refractivity contribution in [1.29, 1.82) is 0 Å². The summed E-state index contributed by atoms with van der Waals surface area (Å²) in [7, 11) is 1.49. The number of amides is 2. The molecule has 44 heavy (non-hydrogen) atoms. The lowest BCUT2D eigenvalue weighted by molar-refractivity contribution is -0.151. The van der Waals surface area contributed by atoms with Gasteiger partial charge in [-0.25, -0.2) is 14.6 Å². The number of fused-ring (bicyclic) bond motifs is 1. The number of carbonyl (C=O) groups is 3. The number of halogens is 2. The van der Waals surface area contributed by atoms with Crippen molar-refractivity contribution in [2.75, 3.05) is 13.7 Å². The Labute approximate surface area is 254 Å². The second-order valence-corrected chi connectivity index (χ2v) is 12.4. The molecule has 1 saturated heterocycles. The normalized spacial score (nSPS) is 19.4. The molecule has 1 aliphatic heterocycles. The van der Waals surface area contributed by atoms with Crippen LogP contribution in [0.1, 0.15) is 71.9 Å². The number of allylic oxidation sites excluding steroid dienone is 2. The number of carboxylic acids is 1. The maximum atomic E-state index is 14.3. The van der Waals surface area contributed by atoms with Crippen LogP contribution in [0.2, 0.25) is 0 Å². The molecular weight excluding hydrogens is 578 g/mol. The third-order valence-corrected chi connectivity index (χ3v) is 7.92. The van der Waals surface area contributed by atoms with E-state index in [2.05, 4.69) is 15.3 Å². The molecule has 0 bridgehead atoms. The molecule has 2 amide bonds. The molecule has 2 fully saturated rings. The molecule has 4 N–H and O–H groups in total. The lowest BCUT2D eigenvalue weighted by Crippen LogP contribution is -2.57. The van der Waals surface area contributed by atoms with E-state index in [4.69, 9.17) is 9.84 Å². The van der Waals surface area contributed by atoms with Gasteiger partial charge in [-0.1, -0.05) is 46.3 Å². The summed E-state index contributed by atoms with van der Waals surface area (Å²) in [6, 6.07) is 2.88. The van der Waals surface area contributed by atoms with Crippen LogP contribution in [-0.4, -0.2) is 68.8 Å². The van der Waals surface area contributed by atoms with Gasteiger partial charge in [-0.3, -0.25) is 9.59 Å². The Morgan fingerprint density at radius 3 is 2.41 bits per heavy atom. The second kappa shape index (κ2) is 14.2. The van der Waals surface area contributed by atoms with Crippen molar-refractivity contribution < 1.29 is 38.1 Å². The predicted octanol–water partition coefficient (Wildman–Crippen LogP) is 5.15. The molecule has 2 aliphatic rings. The van der Waals surface area contributed by atoms with E-state index in [0.717, 1.165) is 6.42 Å². The Morgan fingerprint density at radius 1 is 1.18 bits per heavy atom. The molecule has 11 nitrogen and oxygen atoms in total. The zero-order valence-corrected chi connectivity index (χ0v) is 25.7. The van der Waals surface area contributed by atoms with E-state index in [-0.39, 0.29) is 5.92 Å². The van der Waals surface area contributed by atoms with Crippen molar-refractivity contribution in [3.63, 3.8) is 0 Å². The number of aromatic amines is 1. The van der Waals surface area contributed by atoms with Gasteiger partial charge in [-0.15, -0.1) is 0 Å². The van der Waals surface area contributed by atoms with E-state index in [1.807, 2.05) is 6.92 Å². The summed E-state index contributed by atoms with van der Waals surface area (Å²) in [6.07, 6.45) is 5.89. The van der Waals surface area contributed by atoms with Crippen LogP contribution in [-0.2, 0) is 15.5 Å². The number of likely N-dealkylation sites (tertiary alicyclic amines) is 1. The molecule has 0 radical (unpaired) electrons. The monoisotopic (exact) mass is 620 g/mol. The van der Waals surface area contributed by atoms with Gasteiger partial charge in [0.15, 0.2) is 5.69 Å². The van der Waals surface area contributed by atoms with E-state index in [9.17, 15) is 33.1 Å². The molecule has 2 unspecified atom stereocenters. The molecule has 1 aromatic carbocycles. The van der Waals surface area contributed by atoms with Crippen LogP contribution in [0.5, 0.6) is 5.75 Å². The first kappa shape index (κ1) is 34.5. The number of hydrogen-bond donors (Lipinski definition) is 4. The average molecular weight is 621 g/mol. The van der Waals surface area contributed by atoms with Gasteiger partial charge < -0.3 is 30.2 Å². The standard InChI is InChI=1S/C17H18F2N2O2.C14H24N2O5/c1-23-12-7-8-13-14(10-12)21-16(22)15(20-13)17(18,19)9-3-2-4-11-5-6-11;1-5-8-6-7-16(9(8)12(18)19)11(17)10(14(2,3)4)15-13(20)21/h2-3,7-8,10-11H,4-6,9H2,1H3,(H,21,22);8-10,15H,5-7H2,1-4H3,(H,18,19)(H,20,21)/b3-2+;/t;8?,9?,10-/m.1/s1. The molecule has 1 aromatic heterocycles. The SMILES string of the molecule is CCC1CCN(C(=O)[C@@H](NC(=O)O)C(C)(C)C)C1C(=O)O.COc1ccc2nc(C(F)(F)C/C=C/CC3CC3)c(=O)[nH]c2c1. The number of alkyl halides is 2. The number of H-pyrrole nitrogens is 1. The summed E-state index contributed by atoms with van der Waals surface area (Å²) in [6.45, 7) is 7.48. The Kier molecular flexibility index (Phi) is 11.1. The van der Waals surface area contributed by atoms with Crippen molar-refractivity contribution in [3.05, 3.63) is 46.4 Å². The number of rotatable bonds is 10. The van der Waals surface area contributed by atoms with Crippen LogP contribution in [0.25, 0.3) is 11.0 Å². The van der Waals surface area contributed by atoms with Crippen molar-refractivity contribution in [2.45, 2.75) is 84.2 Å². The maximum Gasteiger partial charge on any atom is 0.405 e. The fourth-order valence-electron chi connectivity index (χ4n) is 5.21. The van der Waals surface area contributed by atoms with E-state index >= 15 is 0 Å². The Morgan fingerprint density at radius 2 is 1.86 bits per heavy atom. The largest absolute Gasteiger partial charge is 0.497 e. The molecule has 4 rings (SSSR count). The number of nitrogens with zero attached hydrogens (tertiary/aromatic N) is 2. The van der Waals surface area contributed by atoms with Gasteiger partial charge in [-0.2, -0.15) is 8.78 Å². The molecule has 2 aromatic rings. The van der Waals surface area contributed by atoms with E-state index in [1.165, 1.54) is 30.9 Å². The zero-order chi connectivity index (χ0) is 32.8.